The van der Waals surface area contributed by atoms with Crippen LogP contribution in [0.1, 0.15) is 59.7 Å². The molecule has 4 aromatic rings. The normalized spacial score (nSPS) is 16.2. The fourth-order valence-corrected chi connectivity index (χ4v) is 5.37. The second-order valence-electron chi connectivity index (χ2n) is 11.9. The van der Waals surface area contributed by atoms with E-state index in [1.807, 2.05) is 19.1 Å². The van der Waals surface area contributed by atoms with Crippen molar-refractivity contribution in [3.8, 4) is 17.0 Å². The first-order valence-electron chi connectivity index (χ1n) is 14.3. The second-order valence-corrected chi connectivity index (χ2v) is 11.9. The third-order valence-corrected chi connectivity index (χ3v) is 7.45. The fourth-order valence-electron chi connectivity index (χ4n) is 5.37. The lowest BCUT2D eigenvalue weighted by Gasteiger charge is -2.40. The lowest BCUT2D eigenvalue weighted by atomic mass is 10.0. The number of halogens is 4. The minimum atomic E-state index is -5.12. The topological polar surface area (TPSA) is 89.3 Å². The van der Waals surface area contributed by atoms with Crippen LogP contribution in [0.15, 0.2) is 54.7 Å². The van der Waals surface area contributed by atoms with Crippen LogP contribution in [0.3, 0.4) is 0 Å². The Morgan fingerprint density at radius 1 is 1.00 bits per heavy atom. The molecular formula is C32H33F4N5O4. The van der Waals surface area contributed by atoms with Crippen molar-refractivity contribution in [2.75, 3.05) is 26.7 Å². The number of amides is 1. The number of ether oxygens (including phenoxy) is 2. The highest BCUT2D eigenvalue weighted by Crippen LogP contribution is 2.36. The summed E-state index contributed by atoms with van der Waals surface area (Å²) in [4.78, 5) is 34.4. The van der Waals surface area contributed by atoms with Gasteiger partial charge in [-0.1, -0.05) is 18.2 Å². The Morgan fingerprint density at radius 2 is 1.69 bits per heavy atom. The molecule has 1 atom stereocenters. The molecule has 2 aromatic heterocycles. The molecular weight excluding hydrogens is 594 g/mol. The molecule has 0 bridgehead atoms. The van der Waals surface area contributed by atoms with Gasteiger partial charge in [-0.3, -0.25) is 9.69 Å². The van der Waals surface area contributed by atoms with E-state index < -0.39 is 46.5 Å². The standard InChI is InChI=1S/C32H33F4N5O4/c1-19-17-39(18-21-8-6-7-9-23(21)30(43)45-31(2,3)4)14-15-40(19)29(42)24-16-37-41-27(32(34,35)36)25(33)26(38-28(24)41)20-10-12-22(44-5)13-11-20/h6-13,16,19H,14-15,17-18H2,1-5H3/t19-/m1/s1. The number of carbonyl (C=O) groups excluding carboxylic acids is 2. The van der Waals surface area contributed by atoms with Crippen molar-refractivity contribution in [3.05, 3.63) is 82.9 Å². The highest BCUT2D eigenvalue weighted by atomic mass is 19.4. The molecule has 13 heteroatoms. The molecule has 5 rings (SSSR count). The monoisotopic (exact) mass is 627 g/mol. The van der Waals surface area contributed by atoms with Gasteiger partial charge < -0.3 is 14.4 Å². The van der Waals surface area contributed by atoms with Gasteiger partial charge in [-0.05, 0) is 63.6 Å². The first-order valence-corrected chi connectivity index (χ1v) is 14.3. The Kier molecular flexibility index (Phi) is 8.58. The van der Waals surface area contributed by atoms with Crippen molar-refractivity contribution in [2.24, 2.45) is 0 Å². The number of alkyl halides is 3. The number of methoxy groups -OCH3 is 1. The molecule has 1 fully saturated rings. The van der Waals surface area contributed by atoms with Crippen molar-refractivity contribution in [1.29, 1.82) is 0 Å². The van der Waals surface area contributed by atoms with Crippen molar-refractivity contribution >= 4 is 17.5 Å². The number of hydrogen-bond acceptors (Lipinski definition) is 7. The van der Waals surface area contributed by atoms with Crippen LogP contribution in [0, 0.1) is 5.82 Å². The fraction of sp³-hybridized carbons (Fsp3) is 0.375. The van der Waals surface area contributed by atoms with E-state index in [1.165, 1.54) is 31.4 Å². The summed E-state index contributed by atoms with van der Waals surface area (Å²) in [6.45, 7) is 8.77. The summed E-state index contributed by atoms with van der Waals surface area (Å²) in [5.74, 6) is -2.17. The van der Waals surface area contributed by atoms with Crippen molar-refractivity contribution in [2.45, 2.75) is 52.1 Å². The third-order valence-electron chi connectivity index (χ3n) is 7.45. The van der Waals surface area contributed by atoms with Gasteiger partial charge in [-0.25, -0.2) is 18.7 Å². The van der Waals surface area contributed by atoms with Gasteiger partial charge in [-0.2, -0.15) is 18.3 Å². The van der Waals surface area contributed by atoms with Gasteiger partial charge in [0.25, 0.3) is 5.91 Å². The molecule has 1 aliphatic rings. The summed E-state index contributed by atoms with van der Waals surface area (Å²) >= 11 is 0. The number of carbonyl (C=O) groups is 2. The van der Waals surface area contributed by atoms with Gasteiger partial charge in [0.1, 0.15) is 22.6 Å². The molecule has 0 aliphatic carbocycles. The van der Waals surface area contributed by atoms with Gasteiger partial charge in [0.2, 0.25) is 0 Å². The highest BCUT2D eigenvalue weighted by molar-refractivity contribution is 6.00. The van der Waals surface area contributed by atoms with E-state index in [9.17, 15) is 22.8 Å². The predicted molar refractivity (Wildman–Crippen MR) is 157 cm³/mol. The number of hydrogen-bond donors (Lipinski definition) is 0. The molecule has 238 valence electrons. The Labute approximate surface area is 257 Å². The Balaban J connectivity index is 1.41. The first-order chi connectivity index (χ1) is 21.2. The maximum Gasteiger partial charge on any atom is 0.436 e. The molecule has 0 unspecified atom stereocenters. The number of esters is 1. The molecule has 0 saturated carbocycles. The number of aromatic nitrogens is 3. The molecule has 0 radical (unpaired) electrons. The van der Waals surface area contributed by atoms with Crippen LogP contribution in [0.4, 0.5) is 17.6 Å². The average Bonchev–Trinajstić information content (AvgIpc) is 3.38. The number of piperazine rings is 1. The van der Waals surface area contributed by atoms with E-state index in [4.69, 9.17) is 9.47 Å². The minimum absolute atomic E-state index is 0.0783. The summed E-state index contributed by atoms with van der Waals surface area (Å²) in [7, 11) is 1.43. The molecule has 3 heterocycles. The third kappa shape index (κ3) is 6.63. The van der Waals surface area contributed by atoms with Crippen LogP contribution in [0.5, 0.6) is 5.75 Å². The zero-order valence-electron chi connectivity index (χ0n) is 25.5. The maximum absolute atomic E-state index is 15.4. The minimum Gasteiger partial charge on any atom is -0.497 e. The quantitative estimate of drug-likeness (QED) is 0.195. The largest absolute Gasteiger partial charge is 0.497 e. The van der Waals surface area contributed by atoms with Crippen LogP contribution in [-0.2, 0) is 17.5 Å². The molecule has 1 aliphatic heterocycles. The van der Waals surface area contributed by atoms with Gasteiger partial charge in [0.15, 0.2) is 17.2 Å². The van der Waals surface area contributed by atoms with E-state index >= 15 is 4.39 Å². The van der Waals surface area contributed by atoms with Gasteiger partial charge in [-0.15, -0.1) is 0 Å². The molecule has 0 spiro atoms. The smallest absolute Gasteiger partial charge is 0.436 e. The molecule has 2 aromatic carbocycles. The number of rotatable bonds is 6. The zero-order chi connectivity index (χ0) is 32.7. The molecule has 1 amide bonds. The lowest BCUT2D eigenvalue weighted by molar-refractivity contribution is -0.145. The maximum atomic E-state index is 15.4. The van der Waals surface area contributed by atoms with Crippen LogP contribution < -0.4 is 4.74 Å². The van der Waals surface area contributed by atoms with Crippen LogP contribution in [0.25, 0.3) is 16.9 Å². The molecule has 9 nitrogen and oxygen atoms in total. The highest BCUT2D eigenvalue weighted by Gasteiger charge is 2.41. The van der Waals surface area contributed by atoms with Crippen molar-refractivity contribution in [3.63, 3.8) is 0 Å². The summed E-state index contributed by atoms with van der Waals surface area (Å²) in [5.41, 5.74) is -2.14. The van der Waals surface area contributed by atoms with Crippen molar-refractivity contribution in [1.82, 2.24) is 24.4 Å². The van der Waals surface area contributed by atoms with Crippen LogP contribution in [-0.4, -0.2) is 74.7 Å². The van der Waals surface area contributed by atoms with Gasteiger partial charge in [0.05, 0.1) is 18.9 Å². The first kappa shape index (κ1) is 31.9. The van der Waals surface area contributed by atoms with E-state index in [0.29, 0.717) is 35.5 Å². The number of benzene rings is 2. The van der Waals surface area contributed by atoms with Crippen LogP contribution in [0.2, 0.25) is 0 Å². The summed E-state index contributed by atoms with van der Waals surface area (Å²) < 4.78 is 68.7. The predicted octanol–water partition coefficient (Wildman–Crippen LogP) is 5.86. The number of fused-ring (bicyclic) bond motifs is 1. The summed E-state index contributed by atoms with van der Waals surface area (Å²) in [6.07, 6.45) is -4.12. The average molecular weight is 628 g/mol. The molecule has 0 N–H and O–H groups in total. The van der Waals surface area contributed by atoms with E-state index in [2.05, 4.69) is 15.0 Å². The van der Waals surface area contributed by atoms with E-state index in [0.717, 1.165) is 11.8 Å². The lowest BCUT2D eigenvalue weighted by Crippen LogP contribution is -2.53. The Bertz CT molecular complexity index is 1730. The van der Waals surface area contributed by atoms with Gasteiger partial charge in [0, 0.05) is 37.8 Å². The summed E-state index contributed by atoms with van der Waals surface area (Å²) in [6, 6.07) is 12.5. The van der Waals surface area contributed by atoms with Gasteiger partial charge >= 0.3 is 12.1 Å². The van der Waals surface area contributed by atoms with Crippen molar-refractivity contribution < 1.29 is 36.6 Å². The molecule has 45 heavy (non-hydrogen) atoms. The Hall–Kier alpha value is -4.52. The SMILES string of the molecule is COc1ccc(-c2nc3c(C(=O)N4CCN(Cc5ccccc5C(=O)OC(C)(C)C)C[C@H]4C)cnn3c(C(F)(F)F)c2F)cc1. The second kappa shape index (κ2) is 12.1. The van der Waals surface area contributed by atoms with E-state index in [-0.39, 0.29) is 23.7 Å². The number of nitrogens with zero attached hydrogens (tertiary/aromatic N) is 5. The Morgan fingerprint density at radius 3 is 2.31 bits per heavy atom. The molecule has 1 saturated heterocycles. The summed E-state index contributed by atoms with van der Waals surface area (Å²) in [5, 5.41) is 3.74. The zero-order valence-corrected chi connectivity index (χ0v) is 25.5. The van der Waals surface area contributed by atoms with Crippen LogP contribution >= 0.6 is 0 Å². The van der Waals surface area contributed by atoms with E-state index in [1.54, 1.807) is 37.8 Å².